The first kappa shape index (κ1) is 16.3. The lowest BCUT2D eigenvalue weighted by Crippen LogP contribution is -2.25. The van der Waals surface area contributed by atoms with Gasteiger partial charge in [-0.15, -0.1) is 5.10 Å². The van der Waals surface area contributed by atoms with E-state index in [1.807, 2.05) is 24.3 Å². The Balaban J connectivity index is 1.95. The van der Waals surface area contributed by atoms with Gasteiger partial charge in [0.1, 0.15) is 0 Å². The number of nitrogens with zero attached hydrogens (tertiary/aromatic N) is 2. The van der Waals surface area contributed by atoms with Crippen LogP contribution in [0.15, 0.2) is 52.0 Å². The molecule has 118 valence electrons. The minimum absolute atomic E-state index is 0.229. The number of rotatable bonds is 2. The second-order valence-electron chi connectivity index (χ2n) is 4.92. The Morgan fingerprint density at radius 3 is 2.48 bits per heavy atom. The van der Waals surface area contributed by atoms with Gasteiger partial charge in [-0.3, -0.25) is 4.79 Å². The Labute approximate surface area is 151 Å². The molecule has 1 unspecified atom stereocenters. The van der Waals surface area contributed by atoms with Crippen LogP contribution in [0.5, 0.6) is 0 Å². The molecule has 0 saturated carbocycles. The minimum atomic E-state index is -0.666. The Kier molecular flexibility index (Phi) is 4.62. The average molecular weight is 414 g/mol. The fraction of sp³-hybridized carbons (Fsp3) is 0.125. The van der Waals surface area contributed by atoms with Crippen LogP contribution in [-0.2, 0) is 9.53 Å². The van der Waals surface area contributed by atoms with Crippen LogP contribution >= 0.6 is 39.1 Å². The van der Waals surface area contributed by atoms with Crippen LogP contribution in [0.2, 0.25) is 10.0 Å². The van der Waals surface area contributed by atoms with E-state index in [-0.39, 0.29) is 5.91 Å². The van der Waals surface area contributed by atoms with E-state index in [2.05, 4.69) is 21.0 Å². The first-order valence-electron chi connectivity index (χ1n) is 6.71. The van der Waals surface area contributed by atoms with E-state index in [1.54, 1.807) is 18.2 Å². The fourth-order valence-electron chi connectivity index (χ4n) is 2.16. The Morgan fingerprint density at radius 2 is 1.87 bits per heavy atom. The van der Waals surface area contributed by atoms with Crippen molar-refractivity contribution < 1.29 is 9.53 Å². The molecule has 2 aromatic carbocycles. The average Bonchev–Trinajstić information content (AvgIpc) is 2.96. The first-order chi connectivity index (χ1) is 11.0. The highest BCUT2D eigenvalue weighted by Crippen LogP contribution is 2.33. The molecule has 1 aliphatic heterocycles. The van der Waals surface area contributed by atoms with Crippen molar-refractivity contribution >= 4 is 50.9 Å². The van der Waals surface area contributed by atoms with Crippen molar-refractivity contribution in [3.8, 4) is 0 Å². The number of hydrazone groups is 1. The summed E-state index contributed by atoms with van der Waals surface area (Å²) in [6.45, 7) is 1.43. The molecule has 3 rings (SSSR count). The lowest BCUT2D eigenvalue weighted by Gasteiger charge is -2.19. The first-order valence-corrected chi connectivity index (χ1v) is 8.26. The van der Waals surface area contributed by atoms with Gasteiger partial charge >= 0.3 is 0 Å². The van der Waals surface area contributed by atoms with Crippen LogP contribution in [0.1, 0.15) is 24.3 Å². The third-order valence-electron chi connectivity index (χ3n) is 3.29. The molecule has 0 radical (unpaired) electrons. The molecule has 4 nitrogen and oxygen atoms in total. The molecule has 0 aromatic heterocycles. The van der Waals surface area contributed by atoms with E-state index < -0.39 is 6.23 Å². The second-order valence-corrected chi connectivity index (χ2v) is 6.65. The van der Waals surface area contributed by atoms with Crippen molar-refractivity contribution in [1.29, 1.82) is 0 Å². The standard InChI is InChI=1S/C16H11BrCl2N2O2/c1-9(22)21-16(11-4-7-13(18)14(19)8-11)23-15(20-21)10-2-5-12(17)6-3-10/h2-8,16H,1H3. The molecule has 1 amide bonds. The molecular formula is C16H11BrCl2N2O2. The third kappa shape index (κ3) is 3.37. The summed E-state index contributed by atoms with van der Waals surface area (Å²) in [4.78, 5) is 11.9. The zero-order chi connectivity index (χ0) is 16.6. The van der Waals surface area contributed by atoms with E-state index in [4.69, 9.17) is 27.9 Å². The van der Waals surface area contributed by atoms with Crippen molar-refractivity contribution in [2.75, 3.05) is 0 Å². The quantitative estimate of drug-likeness (QED) is 0.695. The van der Waals surface area contributed by atoms with Crippen molar-refractivity contribution in [2.45, 2.75) is 13.2 Å². The molecule has 1 heterocycles. The molecule has 7 heteroatoms. The summed E-state index contributed by atoms with van der Waals surface area (Å²) >= 11 is 15.4. The molecule has 0 spiro atoms. The monoisotopic (exact) mass is 412 g/mol. The lowest BCUT2D eigenvalue weighted by atomic mass is 10.2. The van der Waals surface area contributed by atoms with Crippen molar-refractivity contribution in [3.63, 3.8) is 0 Å². The third-order valence-corrected chi connectivity index (χ3v) is 4.55. The number of hydrogen-bond donors (Lipinski definition) is 0. The fourth-order valence-corrected chi connectivity index (χ4v) is 2.73. The van der Waals surface area contributed by atoms with Gasteiger partial charge in [-0.2, -0.15) is 5.01 Å². The summed E-state index contributed by atoms with van der Waals surface area (Å²) in [5.74, 6) is 0.150. The number of hydrogen-bond acceptors (Lipinski definition) is 3. The molecule has 0 aliphatic carbocycles. The van der Waals surface area contributed by atoms with Gasteiger partial charge in [0.25, 0.3) is 0 Å². The van der Waals surface area contributed by atoms with Gasteiger partial charge in [0.05, 0.1) is 10.0 Å². The zero-order valence-electron chi connectivity index (χ0n) is 12.0. The van der Waals surface area contributed by atoms with E-state index in [9.17, 15) is 4.79 Å². The molecule has 1 aliphatic rings. The molecule has 0 bridgehead atoms. The van der Waals surface area contributed by atoms with Crippen LogP contribution in [0.25, 0.3) is 0 Å². The molecule has 23 heavy (non-hydrogen) atoms. The molecular weight excluding hydrogens is 403 g/mol. The molecule has 0 saturated heterocycles. The Bertz CT molecular complexity index is 793. The van der Waals surface area contributed by atoms with Gasteiger partial charge in [-0.25, -0.2) is 0 Å². The van der Waals surface area contributed by atoms with Crippen LogP contribution in [0, 0.1) is 0 Å². The summed E-state index contributed by atoms with van der Waals surface area (Å²) < 4.78 is 6.83. The van der Waals surface area contributed by atoms with E-state index in [1.165, 1.54) is 11.9 Å². The van der Waals surface area contributed by atoms with Crippen LogP contribution in [0.4, 0.5) is 0 Å². The topological polar surface area (TPSA) is 41.9 Å². The smallest absolute Gasteiger partial charge is 0.243 e. The largest absolute Gasteiger partial charge is 0.446 e. The van der Waals surface area contributed by atoms with Gasteiger partial charge in [0, 0.05) is 22.5 Å². The van der Waals surface area contributed by atoms with Gasteiger partial charge < -0.3 is 4.74 Å². The van der Waals surface area contributed by atoms with Gasteiger partial charge in [-0.1, -0.05) is 45.2 Å². The highest BCUT2D eigenvalue weighted by atomic mass is 79.9. The number of ether oxygens (including phenoxy) is 1. The number of carbonyl (C=O) groups is 1. The number of halogens is 3. The predicted octanol–water partition coefficient (Wildman–Crippen LogP) is 5.00. The van der Waals surface area contributed by atoms with Crippen LogP contribution < -0.4 is 0 Å². The second kappa shape index (κ2) is 6.51. The number of amides is 1. The normalized spacial score (nSPS) is 17.0. The summed E-state index contributed by atoms with van der Waals surface area (Å²) in [6, 6.07) is 12.6. The van der Waals surface area contributed by atoms with E-state index >= 15 is 0 Å². The molecule has 0 N–H and O–H groups in total. The van der Waals surface area contributed by atoms with Crippen LogP contribution in [-0.4, -0.2) is 16.8 Å². The summed E-state index contributed by atoms with van der Waals surface area (Å²) in [5.41, 5.74) is 1.48. The zero-order valence-corrected chi connectivity index (χ0v) is 15.1. The lowest BCUT2D eigenvalue weighted by molar-refractivity contribution is -0.135. The van der Waals surface area contributed by atoms with Crippen LogP contribution in [0.3, 0.4) is 0 Å². The maximum Gasteiger partial charge on any atom is 0.243 e. The Morgan fingerprint density at radius 1 is 1.17 bits per heavy atom. The van der Waals surface area contributed by atoms with E-state index in [0.29, 0.717) is 21.5 Å². The minimum Gasteiger partial charge on any atom is -0.446 e. The SMILES string of the molecule is CC(=O)N1N=C(c2ccc(Br)cc2)OC1c1ccc(Cl)c(Cl)c1. The summed E-state index contributed by atoms with van der Waals surface area (Å²) in [6.07, 6.45) is -0.666. The Hall–Kier alpha value is -1.56. The highest BCUT2D eigenvalue weighted by molar-refractivity contribution is 9.10. The molecule has 1 atom stereocenters. The highest BCUT2D eigenvalue weighted by Gasteiger charge is 2.33. The summed E-state index contributed by atoms with van der Waals surface area (Å²) in [5, 5.41) is 6.41. The summed E-state index contributed by atoms with van der Waals surface area (Å²) in [7, 11) is 0. The van der Waals surface area contributed by atoms with Gasteiger partial charge in [-0.05, 0) is 36.4 Å². The predicted molar refractivity (Wildman–Crippen MR) is 93.5 cm³/mol. The number of benzene rings is 2. The van der Waals surface area contributed by atoms with Crippen molar-refractivity contribution in [1.82, 2.24) is 5.01 Å². The molecule has 2 aromatic rings. The molecule has 0 fully saturated rings. The van der Waals surface area contributed by atoms with Gasteiger partial charge in [0.15, 0.2) is 0 Å². The van der Waals surface area contributed by atoms with E-state index in [0.717, 1.165) is 10.0 Å². The maximum absolute atomic E-state index is 11.9. The van der Waals surface area contributed by atoms with Crippen molar-refractivity contribution in [2.24, 2.45) is 5.10 Å². The number of carbonyl (C=O) groups excluding carboxylic acids is 1. The van der Waals surface area contributed by atoms with Gasteiger partial charge in [0.2, 0.25) is 18.0 Å². The van der Waals surface area contributed by atoms with Crippen molar-refractivity contribution in [3.05, 3.63) is 68.1 Å². The maximum atomic E-state index is 11.9.